The average molecular weight is 559 g/mol. The van der Waals surface area contributed by atoms with Crippen LogP contribution in [0.3, 0.4) is 0 Å². The lowest BCUT2D eigenvalue weighted by Crippen LogP contribution is -2.46. The number of unbranched alkanes of at least 4 members (excludes halogenated alkanes) is 1. The maximum atomic E-state index is 12.6. The maximum Gasteiger partial charge on any atom is 0.307 e. The number of aromatic nitrogens is 1. The van der Waals surface area contributed by atoms with Crippen molar-refractivity contribution >= 4 is 34.2 Å². The minimum absolute atomic E-state index is 0.0842. The van der Waals surface area contributed by atoms with Gasteiger partial charge in [-0.1, -0.05) is 56.7 Å². The van der Waals surface area contributed by atoms with Crippen LogP contribution in [0.5, 0.6) is 5.88 Å². The number of piperazine rings is 1. The molecule has 2 aliphatic heterocycles. The molecule has 0 aliphatic carbocycles. The van der Waals surface area contributed by atoms with E-state index >= 15 is 0 Å². The lowest BCUT2D eigenvalue weighted by molar-refractivity contribution is -0.145. The summed E-state index contributed by atoms with van der Waals surface area (Å²) < 4.78 is 11.4. The van der Waals surface area contributed by atoms with Gasteiger partial charge in [0.05, 0.1) is 6.61 Å². The molecule has 0 unspecified atom stereocenters. The van der Waals surface area contributed by atoms with Crippen molar-refractivity contribution in [2.75, 3.05) is 55.9 Å². The Balaban J connectivity index is 1.05. The third-order valence-electron chi connectivity index (χ3n) is 8.26. The van der Waals surface area contributed by atoms with Gasteiger partial charge in [0.15, 0.2) is 6.73 Å². The predicted octanol–water partition coefficient (Wildman–Crippen LogP) is 5.43. The van der Waals surface area contributed by atoms with Crippen molar-refractivity contribution in [1.29, 1.82) is 0 Å². The van der Waals surface area contributed by atoms with Crippen molar-refractivity contribution < 1.29 is 19.1 Å². The van der Waals surface area contributed by atoms with Crippen molar-refractivity contribution in [3.63, 3.8) is 0 Å². The lowest BCUT2D eigenvalue weighted by Gasteiger charge is -2.36. The fourth-order valence-corrected chi connectivity index (χ4v) is 5.53. The highest BCUT2D eigenvalue weighted by atomic mass is 16.5. The van der Waals surface area contributed by atoms with Gasteiger partial charge in [-0.2, -0.15) is 4.98 Å². The molecule has 1 aromatic heterocycles. The Morgan fingerprint density at radius 1 is 0.976 bits per heavy atom. The second-order valence-electron chi connectivity index (χ2n) is 11.2. The molecule has 2 aromatic carbocycles. The summed E-state index contributed by atoms with van der Waals surface area (Å²) in [7, 11) is 0. The van der Waals surface area contributed by atoms with Gasteiger partial charge < -0.3 is 14.4 Å². The largest absolute Gasteiger partial charge is 0.478 e. The van der Waals surface area contributed by atoms with Gasteiger partial charge in [-0.25, -0.2) is 0 Å². The molecule has 2 aliphatic rings. The molecule has 1 saturated heterocycles. The van der Waals surface area contributed by atoms with Gasteiger partial charge >= 0.3 is 5.97 Å². The lowest BCUT2D eigenvalue weighted by atomic mass is 10.1. The molecule has 218 valence electrons. The molecule has 0 bridgehead atoms. The standard InChI is InChI=1S/C33H42N4O4/c1-3-25(2)23-32(39)41-24-37-31(38)16-14-27-13-15-30(34-33(27)37)40-22-7-6-17-35-18-20-36(21-19-35)29-12-8-10-26-9-4-5-11-28(26)29/h4-5,8-13,15,25H,3,6-7,14,16-24H2,1-2H3/t25-/m0/s1. The number of aryl methyl sites for hydroxylation is 1. The fourth-order valence-electron chi connectivity index (χ4n) is 5.53. The van der Waals surface area contributed by atoms with Crippen LogP contribution in [0.25, 0.3) is 10.8 Å². The first-order chi connectivity index (χ1) is 20.0. The SMILES string of the molecule is CC[C@H](C)CC(=O)OCN1C(=O)CCc2ccc(OCCCCN3CCN(c4cccc5ccccc45)CC3)nc21. The second kappa shape index (κ2) is 13.8. The molecule has 8 heteroatoms. The summed E-state index contributed by atoms with van der Waals surface area (Å²) >= 11 is 0. The van der Waals surface area contributed by atoms with Crippen LogP contribution in [-0.4, -0.2) is 67.8 Å². The van der Waals surface area contributed by atoms with Gasteiger partial charge in [-0.3, -0.25) is 19.4 Å². The summed E-state index contributed by atoms with van der Waals surface area (Å²) in [6.07, 6.45) is 4.25. The molecule has 0 saturated carbocycles. The van der Waals surface area contributed by atoms with Gasteiger partial charge in [0.1, 0.15) is 5.82 Å². The van der Waals surface area contributed by atoms with Crippen molar-refractivity contribution in [3.05, 3.63) is 60.2 Å². The fraction of sp³-hybridized carbons (Fsp3) is 0.485. The number of hydrogen-bond acceptors (Lipinski definition) is 7. The molecular weight excluding hydrogens is 516 g/mol. The van der Waals surface area contributed by atoms with Crippen LogP contribution < -0.4 is 14.5 Å². The minimum Gasteiger partial charge on any atom is -0.478 e. The van der Waals surface area contributed by atoms with Crippen LogP contribution in [0.4, 0.5) is 11.5 Å². The molecule has 1 atom stereocenters. The molecule has 0 N–H and O–H groups in total. The summed E-state index contributed by atoms with van der Waals surface area (Å²) in [4.78, 5) is 35.9. The maximum absolute atomic E-state index is 12.6. The van der Waals surface area contributed by atoms with Gasteiger partial charge in [0.25, 0.3) is 0 Å². The number of carbonyl (C=O) groups is 2. The van der Waals surface area contributed by atoms with Crippen molar-refractivity contribution in [2.45, 2.75) is 52.4 Å². The van der Waals surface area contributed by atoms with Gasteiger partial charge in [0, 0.05) is 56.2 Å². The number of esters is 1. The second-order valence-corrected chi connectivity index (χ2v) is 11.2. The first-order valence-corrected chi connectivity index (χ1v) is 15.1. The number of benzene rings is 2. The van der Waals surface area contributed by atoms with E-state index in [1.165, 1.54) is 21.4 Å². The monoisotopic (exact) mass is 558 g/mol. The topological polar surface area (TPSA) is 75.2 Å². The molecule has 0 spiro atoms. The normalized spacial score (nSPS) is 16.5. The summed E-state index contributed by atoms with van der Waals surface area (Å²) in [6.45, 7) is 9.75. The molecule has 3 aromatic rings. The summed E-state index contributed by atoms with van der Waals surface area (Å²) in [5, 5.41) is 2.62. The number of fused-ring (bicyclic) bond motifs is 2. The van der Waals surface area contributed by atoms with Gasteiger partial charge in [-0.15, -0.1) is 0 Å². The van der Waals surface area contributed by atoms with E-state index in [1.807, 2.05) is 26.0 Å². The highest BCUT2D eigenvalue weighted by molar-refractivity contribution is 5.95. The van der Waals surface area contributed by atoms with Crippen LogP contribution in [-0.2, 0) is 20.7 Å². The van der Waals surface area contributed by atoms with Gasteiger partial charge in [-0.05, 0) is 54.8 Å². The van der Waals surface area contributed by atoms with Crippen LogP contribution in [0, 0.1) is 5.92 Å². The quantitative estimate of drug-likeness (QED) is 0.217. The number of pyridine rings is 1. The van der Waals surface area contributed by atoms with Crippen LogP contribution >= 0.6 is 0 Å². The Kier molecular flexibility index (Phi) is 9.72. The van der Waals surface area contributed by atoms with E-state index in [0.29, 0.717) is 37.6 Å². The molecule has 0 radical (unpaired) electrons. The van der Waals surface area contributed by atoms with Crippen LogP contribution in [0.2, 0.25) is 0 Å². The minimum atomic E-state index is -0.290. The summed E-state index contributed by atoms with van der Waals surface area (Å²) in [5.74, 6) is 0.919. The van der Waals surface area contributed by atoms with Crippen molar-refractivity contribution in [3.8, 4) is 5.88 Å². The first-order valence-electron chi connectivity index (χ1n) is 15.1. The highest BCUT2D eigenvalue weighted by Crippen LogP contribution is 2.29. The van der Waals surface area contributed by atoms with E-state index in [9.17, 15) is 9.59 Å². The molecule has 1 amide bonds. The molecule has 3 heterocycles. The number of amides is 1. The zero-order chi connectivity index (χ0) is 28.6. The highest BCUT2D eigenvalue weighted by Gasteiger charge is 2.27. The van der Waals surface area contributed by atoms with E-state index in [4.69, 9.17) is 9.47 Å². The Morgan fingerprint density at radius 3 is 2.61 bits per heavy atom. The van der Waals surface area contributed by atoms with E-state index in [0.717, 1.165) is 57.5 Å². The van der Waals surface area contributed by atoms with E-state index < -0.39 is 0 Å². The number of carbonyl (C=O) groups excluding carboxylic acids is 2. The zero-order valence-corrected chi connectivity index (χ0v) is 24.4. The number of hydrogen-bond donors (Lipinski definition) is 0. The summed E-state index contributed by atoms with van der Waals surface area (Å²) in [5.41, 5.74) is 2.30. The molecule has 1 fully saturated rings. The first kappa shape index (κ1) is 28.9. The van der Waals surface area contributed by atoms with E-state index in [1.54, 1.807) is 0 Å². The number of rotatable bonds is 12. The molecule has 8 nitrogen and oxygen atoms in total. The number of anilines is 2. The van der Waals surface area contributed by atoms with Crippen LogP contribution in [0.1, 0.15) is 51.5 Å². The van der Waals surface area contributed by atoms with Crippen molar-refractivity contribution in [1.82, 2.24) is 9.88 Å². The van der Waals surface area contributed by atoms with Crippen LogP contribution in [0.15, 0.2) is 54.6 Å². The Hall–Kier alpha value is -3.65. The van der Waals surface area contributed by atoms with E-state index in [2.05, 4.69) is 57.2 Å². The van der Waals surface area contributed by atoms with Gasteiger partial charge in [0.2, 0.25) is 11.8 Å². The smallest absolute Gasteiger partial charge is 0.307 e. The number of ether oxygens (including phenoxy) is 2. The zero-order valence-electron chi connectivity index (χ0n) is 24.4. The Bertz CT molecular complexity index is 1330. The molecular formula is C33H42N4O4. The third kappa shape index (κ3) is 7.36. The predicted molar refractivity (Wildman–Crippen MR) is 162 cm³/mol. The average Bonchev–Trinajstić information content (AvgIpc) is 3.00. The Morgan fingerprint density at radius 2 is 1.78 bits per heavy atom. The molecule has 5 rings (SSSR count). The third-order valence-corrected chi connectivity index (χ3v) is 8.26. The molecule has 41 heavy (non-hydrogen) atoms. The summed E-state index contributed by atoms with van der Waals surface area (Å²) in [6, 6.07) is 19.0. The van der Waals surface area contributed by atoms with E-state index in [-0.39, 0.29) is 24.5 Å². The Labute approximate surface area is 243 Å². The number of nitrogens with zero attached hydrogens (tertiary/aromatic N) is 4. The van der Waals surface area contributed by atoms with Crippen molar-refractivity contribution in [2.24, 2.45) is 5.92 Å².